The van der Waals surface area contributed by atoms with Gasteiger partial charge in [0.25, 0.3) is 0 Å². The van der Waals surface area contributed by atoms with E-state index in [2.05, 4.69) is 39.0 Å². The first-order valence-corrected chi connectivity index (χ1v) is 28.2. The molecule has 0 aromatic heterocycles. The predicted molar refractivity (Wildman–Crippen MR) is 230 cm³/mol. The molecule has 0 N–H and O–H groups in total. The van der Waals surface area contributed by atoms with E-state index < -0.39 is 0 Å². The Labute approximate surface area is 333 Å². The summed E-state index contributed by atoms with van der Waals surface area (Å²) in [5.41, 5.74) is 10.3. The van der Waals surface area contributed by atoms with Crippen molar-refractivity contribution in [2.75, 3.05) is 0 Å². The van der Waals surface area contributed by atoms with Crippen molar-refractivity contribution in [3.05, 3.63) is 34.9 Å². The van der Waals surface area contributed by atoms with Crippen molar-refractivity contribution in [2.45, 2.75) is 190 Å². The second-order valence-corrected chi connectivity index (χ2v) is 30.3. The van der Waals surface area contributed by atoms with E-state index in [0.717, 1.165) is 117 Å². The third kappa shape index (κ3) is 5.65. The van der Waals surface area contributed by atoms with Crippen molar-refractivity contribution < 1.29 is 0 Å². The summed E-state index contributed by atoms with van der Waals surface area (Å²) >= 11 is 0. The molecule has 0 aliphatic heterocycles. The van der Waals surface area contributed by atoms with Crippen molar-refractivity contribution in [2.24, 2.45) is 94.7 Å². The van der Waals surface area contributed by atoms with E-state index in [1.54, 1.807) is 146 Å². The zero-order valence-electron chi connectivity index (χ0n) is 34.7. The van der Waals surface area contributed by atoms with Crippen LogP contribution in [0.15, 0.2) is 18.2 Å². The molecule has 294 valence electrons. The average Bonchev–Trinajstić information content (AvgIpc) is 3.10. The Morgan fingerprint density at radius 3 is 0.889 bits per heavy atom. The molecule has 0 atom stereocenters. The van der Waals surface area contributed by atoms with Gasteiger partial charge < -0.3 is 0 Å². The molecule has 16 saturated carbocycles. The Balaban J connectivity index is 0.902. The highest BCUT2D eigenvalue weighted by atomic mass is 31.1. The summed E-state index contributed by atoms with van der Waals surface area (Å²) in [6, 6.07) is 8.46. The molecular weight excluding hydrogens is 687 g/mol. The molecule has 0 nitrogen and oxygen atoms in total. The van der Waals surface area contributed by atoms with Crippen molar-refractivity contribution in [3.63, 3.8) is 0 Å². The summed E-state index contributed by atoms with van der Waals surface area (Å²) in [6.45, 7) is 7.58. The summed E-state index contributed by atoms with van der Waals surface area (Å²) in [6.07, 6.45) is 35.8. The minimum absolute atomic E-state index is 0.0325. The van der Waals surface area contributed by atoms with Gasteiger partial charge >= 0.3 is 0 Å². The maximum Gasteiger partial charge on any atom is -0.00648 e. The second kappa shape index (κ2) is 12.8. The van der Waals surface area contributed by atoms with E-state index >= 15 is 0 Å². The van der Waals surface area contributed by atoms with E-state index in [1.807, 2.05) is 11.1 Å². The highest BCUT2D eigenvalue weighted by Gasteiger charge is 2.59. The molecule has 16 fully saturated rings. The van der Waals surface area contributed by atoms with Gasteiger partial charge in [-0.15, -0.1) is 0 Å². The lowest BCUT2D eigenvalue weighted by atomic mass is 9.55. The first kappa shape index (κ1) is 34.9. The van der Waals surface area contributed by atoms with Crippen LogP contribution in [0.3, 0.4) is 0 Å². The smallest absolute Gasteiger partial charge is 0.00648 e. The van der Waals surface area contributed by atoms with Gasteiger partial charge in [0.15, 0.2) is 0 Å². The molecule has 0 spiro atoms. The lowest BCUT2D eigenvalue weighted by molar-refractivity contribution is 0.0127. The molecule has 1 aromatic rings. The van der Waals surface area contributed by atoms with Crippen LogP contribution in [0.5, 0.6) is 0 Å². The molecule has 0 heterocycles. The molecule has 0 saturated heterocycles. The van der Waals surface area contributed by atoms with Gasteiger partial charge in [0.1, 0.15) is 0 Å². The van der Waals surface area contributed by atoms with Crippen molar-refractivity contribution in [3.8, 4) is 0 Å². The number of rotatable bonds is 8. The van der Waals surface area contributed by atoms with E-state index in [0.29, 0.717) is 0 Å². The molecule has 16 aliphatic rings. The number of hydrogen-bond acceptors (Lipinski definition) is 0. The van der Waals surface area contributed by atoms with Gasteiger partial charge in [-0.1, -0.05) is 54.8 Å². The van der Waals surface area contributed by atoms with Crippen molar-refractivity contribution in [1.29, 1.82) is 0 Å². The van der Waals surface area contributed by atoms with Crippen LogP contribution >= 0.6 is 15.8 Å². The lowest BCUT2D eigenvalue weighted by Gasteiger charge is -2.62. The van der Waals surface area contributed by atoms with Crippen LogP contribution in [0, 0.1) is 94.7 Å². The monoisotopic (exact) mass is 763 g/mol. The van der Waals surface area contributed by atoms with Crippen molar-refractivity contribution in [1.82, 2.24) is 0 Å². The molecule has 16 bridgehead atoms. The van der Waals surface area contributed by atoms with E-state index in [1.165, 1.54) is 0 Å². The molecule has 0 radical (unpaired) electrons. The molecule has 17 rings (SSSR count). The third-order valence-electron chi connectivity index (χ3n) is 21.0. The highest BCUT2D eigenvalue weighted by Crippen LogP contribution is 2.74. The second-order valence-electron chi connectivity index (χ2n) is 25.3. The fraction of sp³-hybridized carbons (Fsp3) is 0.885. The normalized spacial score (nSPS) is 53.8. The SMILES string of the molecule is CC(C)(C)c1ccc(CP(C2C3CC4CC(C3)CC2C4)C2C3CC4CC(C3)CC2C4)c(CP(C2C3CC4CC(C3)CC2C4)C2C3CC4CC(C3)CC2C4)c1. The Kier molecular flexibility index (Phi) is 8.27. The first-order chi connectivity index (χ1) is 26.2. The fourth-order valence-corrected chi connectivity index (χ4v) is 29.7. The van der Waals surface area contributed by atoms with Gasteiger partial charge in [0.2, 0.25) is 0 Å². The zero-order chi connectivity index (χ0) is 35.6. The maximum absolute atomic E-state index is 2.93. The molecule has 2 heteroatoms. The predicted octanol–water partition coefficient (Wildman–Crippen LogP) is 14.2. The Morgan fingerprint density at radius 1 is 0.370 bits per heavy atom. The van der Waals surface area contributed by atoms with Crippen LogP contribution in [0.25, 0.3) is 0 Å². The summed E-state index contributed by atoms with van der Waals surface area (Å²) in [7, 11) is 0.0756. The summed E-state index contributed by atoms with van der Waals surface area (Å²) in [4.78, 5) is 0. The highest BCUT2D eigenvalue weighted by molar-refractivity contribution is 7.59. The lowest BCUT2D eigenvalue weighted by Crippen LogP contribution is -2.53. The minimum atomic E-state index is 0.0325. The summed E-state index contributed by atoms with van der Waals surface area (Å²) in [5.74, 6) is 17.8. The first-order valence-electron chi connectivity index (χ1n) is 24.9. The van der Waals surface area contributed by atoms with Crippen LogP contribution in [0.2, 0.25) is 0 Å². The van der Waals surface area contributed by atoms with Crippen LogP contribution < -0.4 is 0 Å². The quantitative estimate of drug-likeness (QED) is 0.231. The Morgan fingerprint density at radius 2 is 0.630 bits per heavy atom. The van der Waals surface area contributed by atoms with Gasteiger partial charge in [-0.25, -0.2) is 0 Å². The fourth-order valence-electron chi connectivity index (χ4n) is 20.4. The van der Waals surface area contributed by atoms with Crippen LogP contribution in [0.4, 0.5) is 0 Å². The minimum Gasteiger partial charge on any atom is -0.0947 e. The van der Waals surface area contributed by atoms with Gasteiger partial charge in [-0.05, 0) is 280 Å². The topological polar surface area (TPSA) is 0 Å². The molecule has 0 unspecified atom stereocenters. The maximum atomic E-state index is 2.93. The Bertz CT molecular complexity index is 1420. The van der Waals surface area contributed by atoms with Crippen LogP contribution in [0.1, 0.15) is 166 Å². The zero-order valence-corrected chi connectivity index (χ0v) is 36.5. The molecular formula is C52H76P2. The molecule has 0 amide bonds. The van der Waals surface area contributed by atoms with E-state index in [4.69, 9.17) is 0 Å². The Hall–Kier alpha value is 0.0800. The van der Waals surface area contributed by atoms with Gasteiger partial charge in [-0.2, -0.15) is 0 Å². The number of hydrogen-bond donors (Lipinski definition) is 0. The summed E-state index contributed by atoms with van der Waals surface area (Å²) < 4.78 is 0. The van der Waals surface area contributed by atoms with Gasteiger partial charge in [0, 0.05) is 0 Å². The van der Waals surface area contributed by atoms with Crippen LogP contribution in [-0.2, 0) is 17.7 Å². The van der Waals surface area contributed by atoms with Crippen LogP contribution in [-0.4, -0.2) is 22.6 Å². The van der Waals surface area contributed by atoms with Crippen molar-refractivity contribution >= 4 is 15.8 Å². The summed E-state index contributed by atoms with van der Waals surface area (Å²) in [5, 5.41) is 0. The standard InChI is InChI=1S/C52H76P2/c1-52(2,3)47-5-4-37(27-53(48-38-10-29-6-30(12-38)13-39(48)11-29)49-40-14-31-7-32(16-40)17-41(49)15-31)46(26-47)28-54(50-42-18-33-8-34(20-42)21-43(50)19-33)51-44-22-35-9-36(24-44)25-45(51)23-35/h4-5,26,29-36,38-45,48-51H,6-25,27-28H2,1-3H3. The molecule has 1 aromatic carbocycles. The molecule has 54 heavy (non-hydrogen) atoms. The number of benzene rings is 1. The van der Waals surface area contributed by atoms with Gasteiger partial charge in [-0.3, -0.25) is 0 Å². The largest absolute Gasteiger partial charge is 0.0947 e. The van der Waals surface area contributed by atoms with E-state index in [9.17, 15) is 0 Å². The van der Waals surface area contributed by atoms with Gasteiger partial charge in [0.05, 0.1) is 0 Å². The molecule has 16 aliphatic carbocycles. The third-order valence-corrected chi connectivity index (χ3v) is 28.9. The average molecular weight is 763 g/mol. The van der Waals surface area contributed by atoms with E-state index in [-0.39, 0.29) is 21.3 Å².